The molecule has 2 N–H and O–H groups in total. The Morgan fingerprint density at radius 2 is 2.05 bits per heavy atom. The molecule has 19 heavy (non-hydrogen) atoms. The number of carbonyl (C=O) groups is 2. The standard InChI is InChI=1S/C14H26N2O3/c1-4-14(2,3)15-12(17)10-16-8-6-5-7-11(16)9-13(18)19/h11H,4-10H2,1-3H3,(H,15,17)(H,18,19). The summed E-state index contributed by atoms with van der Waals surface area (Å²) in [5.41, 5.74) is -0.199. The quantitative estimate of drug-likeness (QED) is 0.769. The minimum Gasteiger partial charge on any atom is -0.481 e. The highest BCUT2D eigenvalue weighted by atomic mass is 16.4. The number of hydrogen-bond acceptors (Lipinski definition) is 3. The summed E-state index contributed by atoms with van der Waals surface area (Å²) < 4.78 is 0. The first kappa shape index (κ1) is 16.0. The number of likely N-dealkylation sites (tertiary alicyclic amines) is 1. The van der Waals surface area contributed by atoms with Crippen LogP contribution in [0.25, 0.3) is 0 Å². The lowest BCUT2D eigenvalue weighted by molar-refractivity contribution is -0.139. The molecule has 0 aromatic heterocycles. The molecule has 0 aromatic rings. The van der Waals surface area contributed by atoms with E-state index in [1.54, 1.807) is 0 Å². The van der Waals surface area contributed by atoms with Crippen LogP contribution in [-0.4, -0.2) is 46.6 Å². The first-order valence-corrected chi connectivity index (χ1v) is 7.11. The molecule has 1 heterocycles. The van der Waals surface area contributed by atoms with E-state index in [1.165, 1.54) is 0 Å². The second kappa shape index (κ2) is 6.89. The highest BCUT2D eigenvalue weighted by Crippen LogP contribution is 2.19. The molecule has 1 unspecified atom stereocenters. The predicted octanol–water partition coefficient (Wildman–Crippen LogP) is 1.62. The van der Waals surface area contributed by atoms with Gasteiger partial charge in [0, 0.05) is 11.6 Å². The van der Waals surface area contributed by atoms with Crippen molar-refractivity contribution in [3.63, 3.8) is 0 Å². The normalized spacial score (nSPS) is 21.1. The van der Waals surface area contributed by atoms with Gasteiger partial charge in [0.25, 0.3) is 0 Å². The van der Waals surface area contributed by atoms with Crippen LogP contribution in [0, 0.1) is 0 Å². The summed E-state index contributed by atoms with van der Waals surface area (Å²) in [4.78, 5) is 24.9. The Kier molecular flexibility index (Phi) is 5.79. The van der Waals surface area contributed by atoms with E-state index >= 15 is 0 Å². The maximum Gasteiger partial charge on any atom is 0.304 e. The minimum atomic E-state index is -0.786. The van der Waals surface area contributed by atoms with Crippen molar-refractivity contribution in [3.05, 3.63) is 0 Å². The van der Waals surface area contributed by atoms with Crippen molar-refractivity contribution in [1.82, 2.24) is 10.2 Å². The van der Waals surface area contributed by atoms with E-state index in [1.807, 2.05) is 25.7 Å². The van der Waals surface area contributed by atoms with Crippen molar-refractivity contribution in [2.45, 2.75) is 64.5 Å². The lowest BCUT2D eigenvalue weighted by Gasteiger charge is -2.35. The fraction of sp³-hybridized carbons (Fsp3) is 0.857. The van der Waals surface area contributed by atoms with E-state index in [9.17, 15) is 9.59 Å². The lowest BCUT2D eigenvalue weighted by Crippen LogP contribution is -2.50. The molecule has 110 valence electrons. The van der Waals surface area contributed by atoms with E-state index in [-0.39, 0.29) is 23.9 Å². The number of carboxylic acid groups (broad SMARTS) is 1. The Morgan fingerprint density at radius 1 is 1.37 bits per heavy atom. The molecule has 5 heteroatoms. The Balaban J connectivity index is 2.52. The van der Waals surface area contributed by atoms with Crippen LogP contribution >= 0.6 is 0 Å². The van der Waals surface area contributed by atoms with E-state index in [4.69, 9.17) is 5.11 Å². The zero-order valence-electron chi connectivity index (χ0n) is 12.2. The van der Waals surface area contributed by atoms with Gasteiger partial charge in [0.15, 0.2) is 0 Å². The second-order valence-electron chi connectivity index (χ2n) is 6.00. The summed E-state index contributed by atoms with van der Waals surface area (Å²) in [6.07, 6.45) is 3.97. The van der Waals surface area contributed by atoms with Crippen LogP contribution in [0.1, 0.15) is 52.9 Å². The van der Waals surface area contributed by atoms with E-state index in [0.717, 1.165) is 32.2 Å². The van der Waals surface area contributed by atoms with Crippen LogP contribution in [0.5, 0.6) is 0 Å². The van der Waals surface area contributed by atoms with Crippen molar-refractivity contribution in [1.29, 1.82) is 0 Å². The van der Waals surface area contributed by atoms with Gasteiger partial charge in [-0.2, -0.15) is 0 Å². The van der Waals surface area contributed by atoms with E-state index in [2.05, 4.69) is 5.32 Å². The lowest BCUT2D eigenvalue weighted by atomic mass is 9.99. The number of hydrogen-bond donors (Lipinski definition) is 2. The van der Waals surface area contributed by atoms with Gasteiger partial charge < -0.3 is 10.4 Å². The Morgan fingerprint density at radius 3 is 2.63 bits per heavy atom. The Hall–Kier alpha value is -1.10. The van der Waals surface area contributed by atoms with Gasteiger partial charge in [-0.3, -0.25) is 14.5 Å². The molecule has 0 saturated carbocycles. The van der Waals surface area contributed by atoms with Crippen LogP contribution in [0.4, 0.5) is 0 Å². The first-order valence-electron chi connectivity index (χ1n) is 7.11. The Labute approximate surface area is 115 Å². The molecule has 1 aliphatic heterocycles. The summed E-state index contributed by atoms with van der Waals surface area (Å²) in [7, 11) is 0. The number of nitrogens with zero attached hydrogens (tertiary/aromatic N) is 1. The topological polar surface area (TPSA) is 69.6 Å². The molecule has 1 atom stereocenters. The van der Waals surface area contributed by atoms with Gasteiger partial charge in [0.2, 0.25) is 5.91 Å². The molecule has 1 fully saturated rings. The molecule has 0 spiro atoms. The van der Waals surface area contributed by atoms with E-state index in [0.29, 0.717) is 6.54 Å². The molecule has 5 nitrogen and oxygen atoms in total. The molecule has 1 amide bonds. The monoisotopic (exact) mass is 270 g/mol. The predicted molar refractivity (Wildman–Crippen MR) is 74.0 cm³/mol. The maximum absolute atomic E-state index is 12.0. The summed E-state index contributed by atoms with van der Waals surface area (Å²) >= 11 is 0. The largest absolute Gasteiger partial charge is 0.481 e. The summed E-state index contributed by atoms with van der Waals surface area (Å²) in [5.74, 6) is -0.796. The number of carboxylic acids is 1. The van der Waals surface area contributed by atoms with Crippen molar-refractivity contribution in [2.24, 2.45) is 0 Å². The molecule has 0 aromatic carbocycles. The third-order valence-electron chi connectivity index (χ3n) is 3.87. The number of rotatable bonds is 6. The number of carbonyl (C=O) groups excluding carboxylic acids is 1. The SMILES string of the molecule is CCC(C)(C)NC(=O)CN1CCCCC1CC(=O)O. The molecule has 0 aliphatic carbocycles. The van der Waals surface area contributed by atoms with Gasteiger partial charge in [-0.05, 0) is 39.7 Å². The average molecular weight is 270 g/mol. The first-order chi connectivity index (χ1) is 8.84. The summed E-state index contributed by atoms with van der Waals surface area (Å²) in [6.45, 7) is 7.15. The second-order valence-corrected chi connectivity index (χ2v) is 6.00. The maximum atomic E-state index is 12.0. The third kappa shape index (κ3) is 5.59. The molecular formula is C14H26N2O3. The van der Waals surface area contributed by atoms with E-state index < -0.39 is 5.97 Å². The van der Waals surface area contributed by atoms with Crippen molar-refractivity contribution < 1.29 is 14.7 Å². The molecule has 0 radical (unpaired) electrons. The van der Waals surface area contributed by atoms with Crippen molar-refractivity contribution >= 4 is 11.9 Å². The van der Waals surface area contributed by atoms with Crippen LogP contribution in [0.2, 0.25) is 0 Å². The highest BCUT2D eigenvalue weighted by Gasteiger charge is 2.27. The van der Waals surface area contributed by atoms with Crippen molar-refractivity contribution in [2.75, 3.05) is 13.1 Å². The molecule has 1 saturated heterocycles. The fourth-order valence-corrected chi connectivity index (χ4v) is 2.39. The summed E-state index contributed by atoms with van der Waals surface area (Å²) in [5, 5.41) is 11.9. The number of piperidine rings is 1. The van der Waals surface area contributed by atoms with Crippen LogP contribution in [-0.2, 0) is 9.59 Å². The van der Waals surface area contributed by atoms with Gasteiger partial charge >= 0.3 is 5.97 Å². The zero-order chi connectivity index (χ0) is 14.5. The van der Waals surface area contributed by atoms with Crippen LogP contribution < -0.4 is 5.32 Å². The Bertz CT molecular complexity index is 329. The van der Waals surface area contributed by atoms with Gasteiger partial charge in [-0.1, -0.05) is 13.3 Å². The third-order valence-corrected chi connectivity index (χ3v) is 3.87. The number of nitrogens with one attached hydrogen (secondary N) is 1. The van der Waals surface area contributed by atoms with Gasteiger partial charge in [-0.15, -0.1) is 0 Å². The van der Waals surface area contributed by atoms with Gasteiger partial charge in [0.1, 0.15) is 0 Å². The smallest absolute Gasteiger partial charge is 0.304 e. The fourth-order valence-electron chi connectivity index (χ4n) is 2.39. The van der Waals surface area contributed by atoms with Crippen LogP contribution in [0.3, 0.4) is 0 Å². The molecule has 1 rings (SSSR count). The van der Waals surface area contributed by atoms with Gasteiger partial charge in [0.05, 0.1) is 13.0 Å². The zero-order valence-corrected chi connectivity index (χ0v) is 12.2. The molecule has 1 aliphatic rings. The summed E-state index contributed by atoms with van der Waals surface area (Å²) in [6, 6.07) is 0.00161. The minimum absolute atomic E-state index is 0.00161. The van der Waals surface area contributed by atoms with Gasteiger partial charge in [-0.25, -0.2) is 0 Å². The average Bonchev–Trinajstić information content (AvgIpc) is 2.30. The van der Waals surface area contributed by atoms with Crippen LogP contribution in [0.15, 0.2) is 0 Å². The van der Waals surface area contributed by atoms with Crippen molar-refractivity contribution in [3.8, 4) is 0 Å². The highest BCUT2D eigenvalue weighted by molar-refractivity contribution is 5.79. The molecule has 0 bridgehead atoms. The number of amides is 1. The molecular weight excluding hydrogens is 244 g/mol. The number of aliphatic carboxylic acids is 1.